The highest BCUT2D eigenvalue weighted by Crippen LogP contribution is 2.36. The second-order valence-corrected chi connectivity index (χ2v) is 6.32. The minimum Gasteiger partial charge on any atom is -0.479 e. The Morgan fingerprint density at radius 1 is 0.893 bits per heavy atom. The number of aliphatic hydroxyl groups excluding tert-OH is 7. The molecule has 0 aliphatic carbocycles. The van der Waals surface area contributed by atoms with Gasteiger partial charge >= 0.3 is 5.97 Å². The third-order valence-corrected chi connectivity index (χ3v) is 4.38. The van der Waals surface area contributed by atoms with Crippen LogP contribution >= 0.6 is 0 Å². The van der Waals surface area contributed by atoms with Gasteiger partial charge in [0.05, 0.1) is 13.2 Å². The number of aliphatic hydroxyl groups is 7. The maximum absolute atomic E-state index is 10.5. The van der Waals surface area contributed by atoms with Crippen molar-refractivity contribution in [2.24, 2.45) is 0 Å². The highest BCUT2D eigenvalue weighted by atomic mass is 17.2. The molecule has 2 rings (SSSR count). The van der Waals surface area contributed by atoms with E-state index in [1.807, 2.05) is 0 Å². The number of hydrogen-bond acceptors (Lipinski definition) is 13. The second-order valence-electron chi connectivity index (χ2n) is 6.32. The van der Waals surface area contributed by atoms with Gasteiger partial charge in [0.2, 0.25) is 5.79 Å². The quantitative estimate of drug-likeness (QED) is 0.0998. The lowest BCUT2D eigenvalue weighted by Gasteiger charge is -2.43. The monoisotopic (exact) mass is 416 g/mol. The molecular formula is C14H24O14. The Morgan fingerprint density at radius 3 is 2.07 bits per heavy atom. The summed E-state index contributed by atoms with van der Waals surface area (Å²) in [5.41, 5.74) is 0. The molecule has 8 N–H and O–H groups in total. The van der Waals surface area contributed by atoms with Gasteiger partial charge in [0, 0.05) is 0 Å². The smallest absolute Gasteiger partial charge is 0.333 e. The highest BCUT2D eigenvalue weighted by Gasteiger charge is 2.59. The van der Waals surface area contributed by atoms with E-state index in [9.17, 15) is 40.5 Å². The third kappa shape index (κ3) is 4.76. The van der Waals surface area contributed by atoms with Crippen molar-refractivity contribution in [3.63, 3.8) is 0 Å². The number of carbonyl (C=O) groups is 1. The summed E-state index contributed by atoms with van der Waals surface area (Å²) in [7, 11) is 0. The molecule has 0 bridgehead atoms. The maximum atomic E-state index is 10.5. The van der Waals surface area contributed by atoms with Crippen LogP contribution < -0.4 is 0 Å². The Labute approximate surface area is 157 Å². The fourth-order valence-corrected chi connectivity index (χ4v) is 2.83. The third-order valence-electron chi connectivity index (χ3n) is 4.38. The van der Waals surface area contributed by atoms with E-state index >= 15 is 0 Å². The minimum absolute atomic E-state index is 0.742. The summed E-state index contributed by atoms with van der Waals surface area (Å²) in [5.74, 6) is -3.69. The predicted octanol–water partition coefficient (Wildman–Crippen LogP) is -5.36. The molecule has 0 amide bonds. The standard InChI is InChI=1S/C14H24O14/c15-1-5-8(19)10(21)11(22)13(26-5)28-14(4-25-24-3-7(17)18)12(23)9(20)6(2-16)27-14/h5-6,8-13,15-16,19-23H,1-4H2,(H,17,18)/t5-,6-,8-,9-,10+,11-,12+,13-,14+/m1/s1. The molecule has 14 heteroatoms. The van der Waals surface area contributed by atoms with Gasteiger partial charge in [-0.25, -0.2) is 14.6 Å². The summed E-state index contributed by atoms with van der Waals surface area (Å²) >= 11 is 0. The molecule has 2 aliphatic heterocycles. The van der Waals surface area contributed by atoms with Crippen LogP contribution in [0.2, 0.25) is 0 Å². The molecule has 2 aliphatic rings. The fourth-order valence-electron chi connectivity index (χ4n) is 2.83. The molecule has 2 saturated heterocycles. The molecule has 0 saturated carbocycles. The Hall–Kier alpha value is -1.01. The van der Waals surface area contributed by atoms with Crippen molar-refractivity contribution in [1.82, 2.24) is 0 Å². The van der Waals surface area contributed by atoms with Crippen LogP contribution in [0.4, 0.5) is 0 Å². The van der Waals surface area contributed by atoms with Crippen LogP contribution in [0, 0.1) is 0 Å². The van der Waals surface area contributed by atoms with Gasteiger partial charge in [-0.2, -0.15) is 0 Å². The second kappa shape index (κ2) is 9.66. The number of carboxylic acid groups (broad SMARTS) is 1. The summed E-state index contributed by atoms with van der Waals surface area (Å²) in [6.07, 6.45) is -13.3. The normalized spacial score (nSPS) is 44.0. The number of aliphatic carboxylic acids is 1. The van der Waals surface area contributed by atoms with Crippen LogP contribution in [0.1, 0.15) is 0 Å². The first-order chi connectivity index (χ1) is 13.2. The average Bonchev–Trinajstić information content (AvgIpc) is 2.90. The van der Waals surface area contributed by atoms with Crippen molar-refractivity contribution in [2.75, 3.05) is 26.4 Å². The molecule has 0 aromatic rings. The van der Waals surface area contributed by atoms with Crippen molar-refractivity contribution in [1.29, 1.82) is 0 Å². The lowest BCUT2D eigenvalue weighted by molar-refractivity contribution is -0.413. The molecule has 0 aromatic heterocycles. The zero-order chi connectivity index (χ0) is 21.1. The van der Waals surface area contributed by atoms with E-state index in [2.05, 4.69) is 9.78 Å². The molecule has 2 fully saturated rings. The summed E-state index contributed by atoms with van der Waals surface area (Å²) < 4.78 is 15.8. The van der Waals surface area contributed by atoms with Crippen LogP contribution in [0.15, 0.2) is 0 Å². The average molecular weight is 416 g/mol. The fraction of sp³-hybridized carbons (Fsp3) is 0.929. The first kappa shape index (κ1) is 23.3. The summed E-state index contributed by atoms with van der Waals surface area (Å²) in [6.45, 7) is -3.21. The Balaban J connectivity index is 2.18. The van der Waals surface area contributed by atoms with Gasteiger partial charge in [-0.15, -0.1) is 0 Å². The first-order valence-electron chi connectivity index (χ1n) is 8.26. The molecule has 164 valence electrons. The van der Waals surface area contributed by atoms with Crippen molar-refractivity contribution in [3.05, 3.63) is 0 Å². The molecule has 0 unspecified atom stereocenters. The summed E-state index contributed by atoms with van der Waals surface area (Å²) in [5, 5.41) is 77.0. The Bertz CT molecular complexity index is 516. The van der Waals surface area contributed by atoms with E-state index in [1.54, 1.807) is 0 Å². The van der Waals surface area contributed by atoms with E-state index in [1.165, 1.54) is 0 Å². The van der Waals surface area contributed by atoms with Crippen LogP contribution in [0.3, 0.4) is 0 Å². The molecule has 28 heavy (non-hydrogen) atoms. The number of rotatable bonds is 9. The summed E-state index contributed by atoms with van der Waals surface area (Å²) in [6, 6.07) is 0. The number of ether oxygens (including phenoxy) is 3. The van der Waals surface area contributed by atoms with E-state index in [-0.39, 0.29) is 0 Å². The molecule has 9 atom stereocenters. The Morgan fingerprint density at radius 2 is 1.54 bits per heavy atom. The lowest BCUT2D eigenvalue weighted by Crippen LogP contribution is -2.62. The van der Waals surface area contributed by atoms with Crippen LogP contribution in [0.5, 0.6) is 0 Å². The van der Waals surface area contributed by atoms with Gasteiger partial charge in [-0.1, -0.05) is 0 Å². The van der Waals surface area contributed by atoms with Gasteiger partial charge in [0.1, 0.15) is 49.3 Å². The molecular weight excluding hydrogens is 392 g/mol. The van der Waals surface area contributed by atoms with Crippen molar-refractivity contribution >= 4 is 5.97 Å². The Kier molecular flexibility index (Phi) is 8.03. The molecule has 0 spiro atoms. The number of hydrogen-bond donors (Lipinski definition) is 8. The topological polar surface area (TPSA) is 225 Å². The molecule has 0 aromatic carbocycles. The van der Waals surface area contributed by atoms with Gasteiger partial charge in [0.25, 0.3) is 0 Å². The maximum Gasteiger partial charge on any atom is 0.333 e. The van der Waals surface area contributed by atoms with Gasteiger partial charge in [-0.05, 0) is 0 Å². The van der Waals surface area contributed by atoms with Gasteiger partial charge in [0.15, 0.2) is 12.9 Å². The van der Waals surface area contributed by atoms with Gasteiger partial charge in [-0.3, -0.25) is 0 Å². The van der Waals surface area contributed by atoms with Crippen LogP contribution in [-0.4, -0.2) is 128 Å². The van der Waals surface area contributed by atoms with Crippen molar-refractivity contribution in [2.45, 2.75) is 54.8 Å². The van der Waals surface area contributed by atoms with E-state index in [0.717, 1.165) is 0 Å². The predicted molar refractivity (Wildman–Crippen MR) is 81.1 cm³/mol. The van der Waals surface area contributed by atoms with E-state index < -0.39 is 87.2 Å². The SMILES string of the molecule is O=C(O)COOC[C@@]1(O[C@H]2O[C@H](CO)[C@@H](O)[C@H](O)[C@H]2O)O[C@H](CO)[C@@H](O)[C@@H]1O. The largest absolute Gasteiger partial charge is 0.479 e. The summed E-state index contributed by atoms with van der Waals surface area (Å²) in [4.78, 5) is 19.5. The van der Waals surface area contributed by atoms with Crippen molar-refractivity contribution in [3.8, 4) is 0 Å². The number of carboxylic acids is 1. The first-order valence-corrected chi connectivity index (χ1v) is 8.26. The van der Waals surface area contributed by atoms with Crippen molar-refractivity contribution < 1.29 is 69.6 Å². The van der Waals surface area contributed by atoms with Gasteiger partial charge < -0.3 is 55.1 Å². The molecule has 0 radical (unpaired) electrons. The molecule has 2 heterocycles. The lowest BCUT2D eigenvalue weighted by atomic mass is 9.99. The highest BCUT2D eigenvalue weighted by molar-refractivity contribution is 5.67. The zero-order valence-corrected chi connectivity index (χ0v) is 14.5. The minimum atomic E-state index is -2.32. The van der Waals surface area contributed by atoms with Crippen LogP contribution in [-0.2, 0) is 28.8 Å². The molecule has 14 nitrogen and oxygen atoms in total. The van der Waals surface area contributed by atoms with Crippen LogP contribution in [0.25, 0.3) is 0 Å². The van der Waals surface area contributed by atoms with E-state index in [0.29, 0.717) is 0 Å². The van der Waals surface area contributed by atoms with E-state index in [4.69, 9.17) is 19.3 Å². The zero-order valence-electron chi connectivity index (χ0n) is 14.5.